The van der Waals surface area contributed by atoms with Crippen LogP contribution in [0.1, 0.15) is 5.56 Å². The van der Waals surface area contributed by atoms with Gasteiger partial charge in [0.1, 0.15) is 6.61 Å². The Morgan fingerprint density at radius 3 is 2.80 bits per heavy atom. The lowest BCUT2D eigenvalue weighted by Gasteiger charge is -2.08. The van der Waals surface area contributed by atoms with E-state index in [2.05, 4.69) is 9.72 Å². The van der Waals surface area contributed by atoms with Crippen molar-refractivity contribution >= 4 is 23.3 Å². The average molecular weight is 301 g/mol. The Hall–Kier alpha value is -1.85. The lowest BCUT2D eigenvalue weighted by atomic mass is 10.2. The van der Waals surface area contributed by atoms with Crippen LogP contribution < -0.4 is 0 Å². The molecule has 8 heteroatoms. The van der Waals surface area contributed by atoms with E-state index < -0.39 is 12.8 Å². The number of aromatic amines is 1. The zero-order valence-corrected chi connectivity index (χ0v) is 11.0. The molecule has 20 heavy (non-hydrogen) atoms. The third-order valence-corrected chi connectivity index (χ3v) is 2.95. The van der Waals surface area contributed by atoms with Crippen molar-refractivity contribution in [1.29, 1.82) is 5.26 Å². The minimum absolute atomic E-state index is 0.114. The molecule has 0 radical (unpaired) electrons. The number of hydrogen-bond donors (Lipinski definition) is 1. The molecule has 0 fully saturated rings. The second kappa shape index (κ2) is 5.64. The Balaban J connectivity index is 2.15. The summed E-state index contributed by atoms with van der Waals surface area (Å²) in [5.41, 5.74) is 1.85. The number of ether oxygens (including phenoxy) is 1. The SMILES string of the molecule is N#Cc1ccc2[nH]c(=S)n(CCOCC(F)(F)F)c2c1. The molecule has 4 nitrogen and oxygen atoms in total. The number of hydrogen-bond acceptors (Lipinski definition) is 3. The van der Waals surface area contributed by atoms with Gasteiger partial charge in [-0.15, -0.1) is 0 Å². The summed E-state index contributed by atoms with van der Waals surface area (Å²) in [4.78, 5) is 2.93. The second-order valence-electron chi connectivity index (χ2n) is 4.09. The predicted octanol–water partition coefficient (Wildman–Crippen LogP) is 3.15. The topological polar surface area (TPSA) is 53.7 Å². The van der Waals surface area contributed by atoms with Crippen LogP contribution in [0.4, 0.5) is 13.2 Å². The number of halogens is 3. The van der Waals surface area contributed by atoms with Gasteiger partial charge in [-0.3, -0.25) is 0 Å². The first-order valence-corrected chi connectivity index (χ1v) is 6.09. The molecule has 0 aliphatic heterocycles. The van der Waals surface area contributed by atoms with Gasteiger partial charge in [0.25, 0.3) is 0 Å². The largest absolute Gasteiger partial charge is 0.411 e. The molecule has 0 spiro atoms. The van der Waals surface area contributed by atoms with Crippen molar-refractivity contribution in [2.75, 3.05) is 13.2 Å². The summed E-state index contributed by atoms with van der Waals surface area (Å²) < 4.78 is 42.4. The van der Waals surface area contributed by atoms with E-state index in [4.69, 9.17) is 17.5 Å². The van der Waals surface area contributed by atoms with Crippen LogP contribution in [0.2, 0.25) is 0 Å². The molecular weight excluding hydrogens is 291 g/mol. The first kappa shape index (κ1) is 14.6. The van der Waals surface area contributed by atoms with Gasteiger partial charge in [0.2, 0.25) is 0 Å². The van der Waals surface area contributed by atoms with Crippen LogP contribution >= 0.6 is 12.2 Å². The summed E-state index contributed by atoms with van der Waals surface area (Å²) >= 11 is 5.10. The van der Waals surface area contributed by atoms with E-state index in [1.54, 1.807) is 22.8 Å². The molecule has 1 N–H and O–H groups in total. The smallest absolute Gasteiger partial charge is 0.370 e. The van der Waals surface area contributed by atoms with Gasteiger partial charge >= 0.3 is 6.18 Å². The van der Waals surface area contributed by atoms with Crippen molar-refractivity contribution in [3.8, 4) is 6.07 Å². The summed E-state index contributed by atoms with van der Waals surface area (Å²) in [6.07, 6.45) is -4.34. The number of nitrogens with one attached hydrogen (secondary N) is 1. The Labute approximate surface area is 117 Å². The number of alkyl halides is 3. The molecule has 1 aromatic carbocycles. The highest BCUT2D eigenvalue weighted by molar-refractivity contribution is 7.71. The molecule has 0 amide bonds. The highest BCUT2D eigenvalue weighted by Gasteiger charge is 2.27. The number of rotatable bonds is 4. The lowest BCUT2D eigenvalue weighted by molar-refractivity contribution is -0.174. The minimum Gasteiger partial charge on any atom is -0.370 e. The molecule has 2 aromatic rings. The van der Waals surface area contributed by atoms with Crippen molar-refractivity contribution in [3.63, 3.8) is 0 Å². The normalized spacial score (nSPS) is 11.7. The maximum Gasteiger partial charge on any atom is 0.411 e. The molecule has 106 valence electrons. The first-order valence-electron chi connectivity index (χ1n) is 5.68. The Morgan fingerprint density at radius 2 is 2.15 bits per heavy atom. The van der Waals surface area contributed by atoms with Crippen LogP contribution in [0.3, 0.4) is 0 Å². The summed E-state index contributed by atoms with van der Waals surface area (Å²) in [5.74, 6) is 0. The lowest BCUT2D eigenvalue weighted by Crippen LogP contribution is -2.19. The third kappa shape index (κ3) is 3.37. The maximum absolute atomic E-state index is 12.0. The summed E-state index contributed by atoms with van der Waals surface area (Å²) in [5, 5.41) is 8.85. The molecular formula is C12H10F3N3OS. The molecule has 1 aromatic heterocycles. The number of aromatic nitrogens is 2. The number of H-pyrrole nitrogens is 1. The third-order valence-electron chi connectivity index (χ3n) is 2.63. The highest BCUT2D eigenvalue weighted by Crippen LogP contribution is 2.17. The molecule has 0 bridgehead atoms. The zero-order chi connectivity index (χ0) is 14.8. The van der Waals surface area contributed by atoms with E-state index in [9.17, 15) is 13.2 Å². The fraction of sp³-hybridized carbons (Fsp3) is 0.333. The quantitative estimate of drug-likeness (QED) is 0.697. The monoisotopic (exact) mass is 301 g/mol. The maximum atomic E-state index is 12.0. The van der Waals surface area contributed by atoms with Crippen molar-refractivity contribution in [3.05, 3.63) is 28.5 Å². The van der Waals surface area contributed by atoms with Crippen molar-refractivity contribution < 1.29 is 17.9 Å². The molecule has 0 aliphatic carbocycles. The van der Waals surface area contributed by atoms with Gasteiger partial charge in [-0.25, -0.2) is 0 Å². The van der Waals surface area contributed by atoms with Crippen LogP contribution in [0, 0.1) is 16.1 Å². The molecule has 0 unspecified atom stereocenters. The van der Waals surface area contributed by atoms with Crippen molar-refractivity contribution in [1.82, 2.24) is 9.55 Å². The molecule has 0 atom stereocenters. The van der Waals surface area contributed by atoms with Crippen molar-refractivity contribution in [2.45, 2.75) is 12.7 Å². The van der Waals surface area contributed by atoms with E-state index in [-0.39, 0.29) is 13.2 Å². The zero-order valence-electron chi connectivity index (χ0n) is 10.2. The van der Waals surface area contributed by atoms with Gasteiger partial charge in [-0.1, -0.05) is 0 Å². The van der Waals surface area contributed by atoms with Gasteiger partial charge in [-0.05, 0) is 30.4 Å². The summed E-state index contributed by atoms with van der Waals surface area (Å²) in [6.45, 7) is -1.21. The van der Waals surface area contributed by atoms with Gasteiger partial charge in [0.05, 0.1) is 29.3 Å². The van der Waals surface area contributed by atoms with Gasteiger partial charge in [-0.2, -0.15) is 18.4 Å². The van der Waals surface area contributed by atoms with Crippen LogP contribution in [0.25, 0.3) is 11.0 Å². The molecule has 0 aliphatic rings. The molecule has 0 saturated heterocycles. The highest BCUT2D eigenvalue weighted by atomic mass is 32.1. The number of imidazole rings is 1. The molecule has 2 rings (SSSR count). The van der Waals surface area contributed by atoms with E-state index in [0.29, 0.717) is 15.9 Å². The Morgan fingerprint density at radius 1 is 1.40 bits per heavy atom. The van der Waals surface area contributed by atoms with Gasteiger partial charge < -0.3 is 14.3 Å². The van der Waals surface area contributed by atoms with Gasteiger partial charge in [0.15, 0.2) is 4.77 Å². The molecule has 1 heterocycles. The van der Waals surface area contributed by atoms with E-state index in [1.165, 1.54) is 0 Å². The summed E-state index contributed by atoms with van der Waals surface area (Å²) in [6, 6.07) is 6.97. The van der Waals surface area contributed by atoms with Crippen LogP contribution in [-0.2, 0) is 11.3 Å². The van der Waals surface area contributed by atoms with Gasteiger partial charge in [0, 0.05) is 6.54 Å². The minimum atomic E-state index is -4.34. The fourth-order valence-corrected chi connectivity index (χ4v) is 2.09. The fourth-order valence-electron chi connectivity index (χ4n) is 1.79. The summed E-state index contributed by atoms with van der Waals surface area (Å²) in [7, 11) is 0. The number of nitrogens with zero attached hydrogens (tertiary/aromatic N) is 2. The standard InChI is InChI=1S/C12H10F3N3OS/c13-12(14,15)7-19-4-3-18-10-5-8(6-16)1-2-9(10)17-11(18)20/h1-2,5H,3-4,7H2,(H,17,20). The number of benzene rings is 1. The number of fused-ring (bicyclic) bond motifs is 1. The first-order chi connectivity index (χ1) is 9.40. The second-order valence-corrected chi connectivity index (χ2v) is 4.48. The molecule has 0 saturated carbocycles. The van der Waals surface area contributed by atoms with Crippen molar-refractivity contribution in [2.24, 2.45) is 0 Å². The van der Waals surface area contributed by atoms with E-state index >= 15 is 0 Å². The predicted molar refractivity (Wildman–Crippen MR) is 68.7 cm³/mol. The Bertz CT molecular complexity index is 711. The van der Waals surface area contributed by atoms with E-state index in [0.717, 1.165) is 5.52 Å². The average Bonchev–Trinajstić information content (AvgIpc) is 2.68. The Kier molecular flexibility index (Phi) is 4.11. The van der Waals surface area contributed by atoms with Crippen LogP contribution in [-0.4, -0.2) is 28.9 Å². The van der Waals surface area contributed by atoms with Crippen LogP contribution in [0.5, 0.6) is 0 Å². The number of nitriles is 1. The van der Waals surface area contributed by atoms with Crippen LogP contribution in [0.15, 0.2) is 18.2 Å². The van der Waals surface area contributed by atoms with E-state index in [1.807, 2.05) is 6.07 Å².